The fourth-order valence-electron chi connectivity index (χ4n) is 2.16. The van der Waals surface area contributed by atoms with Crippen molar-refractivity contribution in [2.45, 2.75) is 19.5 Å². The van der Waals surface area contributed by atoms with E-state index in [1.807, 2.05) is 62.0 Å². The fraction of sp³-hybridized carbons (Fsp3) is 0.385. The second-order valence-electron chi connectivity index (χ2n) is 5.18. The molecule has 102 valence electrons. The first-order valence-electron chi connectivity index (χ1n) is 6.08. The van der Waals surface area contributed by atoms with Crippen LogP contribution in [-0.4, -0.2) is 31.7 Å². The molecule has 4 N–H and O–H groups in total. The average Bonchev–Trinajstić information content (AvgIpc) is 2.26. The normalized spacial score (nSPS) is 17.8. The van der Waals surface area contributed by atoms with Gasteiger partial charge in [0.2, 0.25) is 11.9 Å². The van der Waals surface area contributed by atoms with Crippen molar-refractivity contribution in [3.63, 3.8) is 0 Å². The molecule has 1 aliphatic rings. The van der Waals surface area contributed by atoms with Crippen molar-refractivity contribution in [2.75, 3.05) is 23.9 Å². The first kappa shape index (κ1) is 13.2. The highest BCUT2D eigenvalue weighted by molar-refractivity contribution is 6.05. The molecule has 1 aliphatic heterocycles. The van der Waals surface area contributed by atoms with Gasteiger partial charge in [0, 0.05) is 25.5 Å². The van der Waals surface area contributed by atoms with Crippen molar-refractivity contribution >= 4 is 23.3 Å². The van der Waals surface area contributed by atoms with Crippen LogP contribution in [0.15, 0.2) is 34.3 Å². The van der Waals surface area contributed by atoms with Crippen LogP contribution >= 0.6 is 0 Å². The van der Waals surface area contributed by atoms with E-state index in [1.54, 1.807) is 0 Å². The Morgan fingerprint density at radius 3 is 2.47 bits per heavy atom. The van der Waals surface area contributed by atoms with Crippen LogP contribution in [0.5, 0.6) is 0 Å². The van der Waals surface area contributed by atoms with Gasteiger partial charge >= 0.3 is 0 Å². The van der Waals surface area contributed by atoms with E-state index in [9.17, 15) is 0 Å². The standard InChI is InChI=1S/C13H20N6/c1-13(2)17-11(14)16-12(15)19(13)10-7-5-6-9(8-10)18(3)4/h5-8H,1-4H3,(H4,14,15,16,17). The summed E-state index contributed by atoms with van der Waals surface area (Å²) in [5.41, 5.74) is 13.1. The molecule has 0 aliphatic carbocycles. The summed E-state index contributed by atoms with van der Waals surface area (Å²) in [4.78, 5) is 12.3. The molecule has 0 bridgehead atoms. The maximum Gasteiger partial charge on any atom is 0.220 e. The van der Waals surface area contributed by atoms with Gasteiger partial charge in [-0.25, -0.2) is 4.99 Å². The third-order valence-corrected chi connectivity index (χ3v) is 3.00. The topological polar surface area (TPSA) is 83.2 Å². The number of nitrogens with zero attached hydrogens (tertiary/aromatic N) is 4. The van der Waals surface area contributed by atoms with Crippen molar-refractivity contribution < 1.29 is 0 Å². The Hall–Kier alpha value is -2.24. The molecular formula is C13H20N6. The van der Waals surface area contributed by atoms with Gasteiger partial charge < -0.3 is 16.4 Å². The lowest BCUT2D eigenvalue weighted by atomic mass is 10.1. The van der Waals surface area contributed by atoms with E-state index in [2.05, 4.69) is 9.98 Å². The molecule has 1 aromatic carbocycles. The van der Waals surface area contributed by atoms with Crippen LogP contribution in [0.3, 0.4) is 0 Å². The molecule has 0 saturated carbocycles. The third kappa shape index (κ3) is 2.47. The Morgan fingerprint density at radius 1 is 1.21 bits per heavy atom. The minimum Gasteiger partial charge on any atom is -0.378 e. The predicted octanol–water partition coefficient (Wildman–Crippen LogP) is 0.938. The maximum absolute atomic E-state index is 6.00. The minimum absolute atomic E-state index is 0.211. The fourth-order valence-corrected chi connectivity index (χ4v) is 2.16. The van der Waals surface area contributed by atoms with Gasteiger partial charge in [0.1, 0.15) is 5.66 Å². The zero-order valence-electron chi connectivity index (χ0n) is 11.8. The summed E-state index contributed by atoms with van der Waals surface area (Å²) < 4.78 is 0. The molecule has 0 fully saturated rings. The molecule has 0 unspecified atom stereocenters. The second kappa shape index (κ2) is 4.46. The first-order chi connectivity index (χ1) is 8.81. The van der Waals surface area contributed by atoms with E-state index >= 15 is 0 Å². The first-order valence-corrected chi connectivity index (χ1v) is 6.08. The minimum atomic E-state index is -0.555. The summed E-state index contributed by atoms with van der Waals surface area (Å²) in [7, 11) is 3.99. The lowest BCUT2D eigenvalue weighted by molar-refractivity contribution is 0.534. The lowest BCUT2D eigenvalue weighted by Crippen LogP contribution is -2.54. The molecule has 0 radical (unpaired) electrons. The van der Waals surface area contributed by atoms with Gasteiger partial charge in [-0.05, 0) is 32.0 Å². The molecule has 0 saturated heterocycles. The van der Waals surface area contributed by atoms with Crippen LogP contribution in [0.4, 0.5) is 11.4 Å². The van der Waals surface area contributed by atoms with Crippen LogP contribution in [0.25, 0.3) is 0 Å². The van der Waals surface area contributed by atoms with Crippen molar-refractivity contribution in [2.24, 2.45) is 21.5 Å². The Morgan fingerprint density at radius 2 is 1.89 bits per heavy atom. The van der Waals surface area contributed by atoms with Gasteiger partial charge in [-0.3, -0.25) is 4.90 Å². The molecule has 0 atom stereocenters. The zero-order valence-corrected chi connectivity index (χ0v) is 11.8. The number of benzene rings is 1. The van der Waals surface area contributed by atoms with Crippen LogP contribution in [0.2, 0.25) is 0 Å². The average molecular weight is 260 g/mol. The number of rotatable bonds is 2. The SMILES string of the molecule is CN(C)c1cccc(N2C(N)=NC(N)=NC2(C)C)c1. The molecule has 6 nitrogen and oxygen atoms in total. The Labute approximate surface area is 113 Å². The summed E-state index contributed by atoms with van der Waals surface area (Å²) in [5.74, 6) is 0.566. The smallest absolute Gasteiger partial charge is 0.220 e. The number of aliphatic imine (C=N–C) groups is 2. The Kier molecular flexibility index (Phi) is 3.09. The van der Waals surface area contributed by atoms with Gasteiger partial charge in [-0.2, -0.15) is 4.99 Å². The van der Waals surface area contributed by atoms with Crippen LogP contribution < -0.4 is 21.3 Å². The summed E-state index contributed by atoms with van der Waals surface area (Å²) >= 11 is 0. The number of anilines is 2. The van der Waals surface area contributed by atoms with E-state index in [1.165, 1.54) is 0 Å². The van der Waals surface area contributed by atoms with Crippen LogP contribution in [-0.2, 0) is 0 Å². The van der Waals surface area contributed by atoms with E-state index in [4.69, 9.17) is 11.5 Å². The van der Waals surface area contributed by atoms with Crippen molar-refractivity contribution in [3.8, 4) is 0 Å². The number of hydrogen-bond donors (Lipinski definition) is 2. The van der Waals surface area contributed by atoms with Crippen LogP contribution in [0.1, 0.15) is 13.8 Å². The van der Waals surface area contributed by atoms with Gasteiger partial charge in [-0.15, -0.1) is 0 Å². The van der Waals surface area contributed by atoms with Crippen molar-refractivity contribution in [3.05, 3.63) is 24.3 Å². The van der Waals surface area contributed by atoms with Crippen LogP contribution in [0, 0.1) is 0 Å². The van der Waals surface area contributed by atoms with Crippen molar-refractivity contribution in [1.82, 2.24) is 0 Å². The van der Waals surface area contributed by atoms with Crippen molar-refractivity contribution in [1.29, 1.82) is 0 Å². The van der Waals surface area contributed by atoms with E-state index in [0.717, 1.165) is 11.4 Å². The zero-order chi connectivity index (χ0) is 14.2. The Bertz CT molecular complexity index is 544. The summed E-state index contributed by atoms with van der Waals surface area (Å²) in [5, 5.41) is 0. The van der Waals surface area contributed by atoms with E-state index in [-0.39, 0.29) is 5.96 Å². The number of guanidine groups is 2. The van der Waals surface area contributed by atoms with E-state index in [0.29, 0.717) is 5.96 Å². The molecule has 6 heteroatoms. The second-order valence-corrected chi connectivity index (χ2v) is 5.18. The number of hydrogen-bond acceptors (Lipinski definition) is 6. The third-order valence-electron chi connectivity index (χ3n) is 3.00. The van der Waals surface area contributed by atoms with Gasteiger partial charge in [-0.1, -0.05) is 6.07 Å². The quantitative estimate of drug-likeness (QED) is 0.829. The summed E-state index contributed by atoms with van der Waals surface area (Å²) in [6.07, 6.45) is 0. The van der Waals surface area contributed by atoms with Gasteiger partial charge in [0.25, 0.3) is 0 Å². The highest BCUT2D eigenvalue weighted by atomic mass is 15.4. The maximum atomic E-state index is 6.00. The lowest BCUT2D eigenvalue weighted by Gasteiger charge is -2.38. The molecule has 2 rings (SSSR count). The molecule has 1 aromatic rings. The highest BCUT2D eigenvalue weighted by Crippen LogP contribution is 2.29. The van der Waals surface area contributed by atoms with Gasteiger partial charge in [0.15, 0.2) is 0 Å². The molecule has 0 spiro atoms. The molecule has 19 heavy (non-hydrogen) atoms. The highest BCUT2D eigenvalue weighted by Gasteiger charge is 2.32. The van der Waals surface area contributed by atoms with Gasteiger partial charge in [0.05, 0.1) is 0 Å². The molecule has 0 amide bonds. The van der Waals surface area contributed by atoms with E-state index < -0.39 is 5.66 Å². The monoisotopic (exact) mass is 260 g/mol. The molecular weight excluding hydrogens is 240 g/mol. The summed E-state index contributed by atoms with van der Waals surface area (Å²) in [6, 6.07) is 8.04. The Balaban J connectivity index is 2.47. The summed E-state index contributed by atoms with van der Waals surface area (Å²) in [6.45, 7) is 3.90. The molecule has 0 aromatic heterocycles. The largest absolute Gasteiger partial charge is 0.378 e. The predicted molar refractivity (Wildman–Crippen MR) is 80.6 cm³/mol. The number of nitrogens with two attached hydrogens (primary N) is 2. The molecule has 1 heterocycles.